The number of hydrogen-bond donors (Lipinski definition) is 2. The Bertz CT molecular complexity index is 486. The van der Waals surface area contributed by atoms with Crippen molar-refractivity contribution in [3.63, 3.8) is 0 Å². The second-order valence-electron chi connectivity index (χ2n) is 5.85. The smallest absolute Gasteiger partial charge is 0.248 e. The topological polar surface area (TPSA) is 72.3 Å². The molecule has 0 aromatic heterocycles. The van der Waals surface area contributed by atoms with Gasteiger partial charge in [-0.05, 0) is 43.4 Å². The van der Waals surface area contributed by atoms with Crippen molar-refractivity contribution in [3.8, 4) is 0 Å². The Labute approximate surface area is 114 Å². The maximum absolute atomic E-state index is 11.3. The van der Waals surface area contributed by atoms with E-state index >= 15 is 0 Å². The average molecular weight is 261 g/mol. The highest BCUT2D eigenvalue weighted by Crippen LogP contribution is 2.34. The number of rotatable bonds is 2. The zero-order chi connectivity index (χ0) is 14.2. The van der Waals surface area contributed by atoms with E-state index in [1.165, 1.54) is 6.42 Å². The van der Waals surface area contributed by atoms with Gasteiger partial charge >= 0.3 is 0 Å². The van der Waals surface area contributed by atoms with Crippen LogP contribution in [0.2, 0.25) is 0 Å². The van der Waals surface area contributed by atoms with E-state index in [1.54, 1.807) is 12.1 Å². The fourth-order valence-electron chi connectivity index (χ4n) is 2.98. The number of benzene rings is 1. The van der Waals surface area contributed by atoms with Crippen molar-refractivity contribution >= 4 is 17.3 Å². The first-order valence-electron chi connectivity index (χ1n) is 6.86. The van der Waals surface area contributed by atoms with Crippen molar-refractivity contribution in [2.75, 3.05) is 17.2 Å². The van der Waals surface area contributed by atoms with E-state index in [0.717, 1.165) is 12.2 Å². The number of amides is 1. The predicted octanol–water partition coefficient (Wildman–Crippen LogP) is 2.24. The van der Waals surface area contributed by atoms with Gasteiger partial charge in [-0.15, -0.1) is 0 Å². The molecule has 3 atom stereocenters. The number of anilines is 2. The second kappa shape index (κ2) is 5.11. The molecule has 4 heteroatoms. The van der Waals surface area contributed by atoms with Crippen molar-refractivity contribution in [2.24, 2.45) is 17.6 Å². The molecule has 0 saturated carbocycles. The van der Waals surface area contributed by atoms with Crippen LogP contribution in [0.25, 0.3) is 0 Å². The molecule has 1 heterocycles. The van der Waals surface area contributed by atoms with E-state index in [-0.39, 0.29) is 0 Å². The standard InChI is InChI=1S/C15H23N3O/c1-9-6-10(2)11(3)18(8-9)14-7-12(15(17)19)4-5-13(14)16/h4-5,7,9-11H,6,8,16H2,1-3H3,(H2,17,19). The van der Waals surface area contributed by atoms with E-state index in [4.69, 9.17) is 11.5 Å². The van der Waals surface area contributed by atoms with Crippen molar-refractivity contribution in [3.05, 3.63) is 23.8 Å². The van der Waals surface area contributed by atoms with Crippen LogP contribution in [0.15, 0.2) is 18.2 Å². The number of primary amides is 1. The molecule has 1 aromatic carbocycles. The van der Waals surface area contributed by atoms with Gasteiger partial charge in [0, 0.05) is 18.2 Å². The van der Waals surface area contributed by atoms with Crippen LogP contribution in [-0.2, 0) is 0 Å². The first-order valence-corrected chi connectivity index (χ1v) is 6.86. The van der Waals surface area contributed by atoms with Crippen LogP contribution in [0.5, 0.6) is 0 Å². The molecule has 19 heavy (non-hydrogen) atoms. The van der Waals surface area contributed by atoms with Crippen LogP contribution < -0.4 is 16.4 Å². The molecule has 1 fully saturated rings. The van der Waals surface area contributed by atoms with Crippen molar-refractivity contribution in [2.45, 2.75) is 33.2 Å². The zero-order valence-electron chi connectivity index (χ0n) is 11.9. The molecule has 0 aliphatic carbocycles. The van der Waals surface area contributed by atoms with Crippen molar-refractivity contribution < 1.29 is 4.79 Å². The molecular weight excluding hydrogens is 238 g/mol. The molecule has 1 aromatic rings. The van der Waals surface area contributed by atoms with E-state index in [0.29, 0.717) is 29.1 Å². The summed E-state index contributed by atoms with van der Waals surface area (Å²) in [7, 11) is 0. The maximum atomic E-state index is 11.3. The minimum atomic E-state index is -0.410. The summed E-state index contributed by atoms with van der Waals surface area (Å²) in [5, 5.41) is 0. The van der Waals surface area contributed by atoms with E-state index in [9.17, 15) is 4.79 Å². The third kappa shape index (κ3) is 2.67. The lowest BCUT2D eigenvalue weighted by Crippen LogP contribution is -2.46. The van der Waals surface area contributed by atoms with Gasteiger partial charge in [-0.3, -0.25) is 4.79 Å². The molecule has 104 valence electrons. The molecule has 0 bridgehead atoms. The maximum Gasteiger partial charge on any atom is 0.248 e. The summed E-state index contributed by atoms with van der Waals surface area (Å²) < 4.78 is 0. The number of piperidine rings is 1. The van der Waals surface area contributed by atoms with Gasteiger partial charge in [-0.25, -0.2) is 0 Å². The molecule has 1 aliphatic heterocycles. The van der Waals surface area contributed by atoms with Crippen LogP contribution in [0.1, 0.15) is 37.6 Å². The first kappa shape index (κ1) is 13.7. The second-order valence-corrected chi connectivity index (χ2v) is 5.85. The highest BCUT2D eigenvalue weighted by Gasteiger charge is 2.30. The Hall–Kier alpha value is -1.71. The number of nitrogen functional groups attached to an aromatic ring is 1. The summed E-state index contributed by atoms with van der Waals surface area (Å²) in [6.45, 7) is 7.70. The summed E-state index contributed by atoms with van der Waals surface area (Å²) >= 11 is 0. The Morgan fingerprint density at radius 1 is 1.32 bits per heavy atom. The Balaban J connectivity index is 2.39. The van der Waals surface area contributed by atoms with Crippen LogP contribution in [0, 0.1) is 11.8 Å². The van der Waals surface area contributed by atoms with Crippen molar-refractivity contribution in [1.82, 2.24) is 0 Å². The normalized spacial score (nSPS) is 27.3. The molecule has 3 unspecified atom stereocenters. The lowest BCUT2D eigenvalue weighted by atomic mass is 9.85. The van der Waals surface area contributed by atoms with Gasteiger partial charge in [0.05, 0.1) is 11.4 Å². The Morgan fingerprint density at radius 3 is 2.63 bits per heavy atom. The van der Waals surface area contributed by atoms with Gasteiger partial charge in [-0.1, -0.05) is 13.8 Å². The van der Waals surface area contributed by atoms with Crippen LogP contribution >= 0.6 is 0 Å². The van der Waals surface area contributed by atoms with E-state index in [2.05, 4.69) is 25.7 Å². The summed E-state index contributed by atoms with van der Waals surface area (Å²) in [5.74, 6) is 0.829. The minimum absolute atomic E-state index is 0.410. The molecule has 2 rings (SSSR count). The zero-order valence-corrected chi connectivity index (χ0v) is 11.9. The molecule has 1 amide bonds. The Morgan fingerprint density at radius 2 is 2.00 bits per heavy atom. The van der Waals surface area contributed by atoms with Crippen molar-refractivity contribution in [1.29, 1.82) is 0 Å². The molecule has 4 nitrogen and oxygen atoms in total. The largest absolute Gasteiger partial charge is 0.397 e. The average Bonchev–Trinajstić information content (AvgIpc) is 2.34. The molecule has 1 saturated heterocycles. The molecule has 4 N–H and O–H groups in total. The Kier molecular flexibility index (Phi) is 3.69. The summed E-state index contributed by atoms with van der Waals surface area (Å²) in [6, 6.07) is 5.69. The predicted molar refractivity (Wildman–Crippen MR) is 79.1 cm³/mol. The van der Waals surface area contributed by atoms with Gasteiger partial charge in [0.1, 0.15) is 0 Å². The number of nitrogens with zero attached hydrogens (tertiary/aromatic N) is 1. The van der Waals surface area contributed by atoms with E-state index in [1.807, 2.05) is 6.07 Å². The SMILES string of the molecule is CC1CC(C)C(C)N(c2cc(C(N)=O)ccc2N)C1. The molecule has 0 radical (unpaired) electrons. The third-order valence-corrected chi connectivity index (χ3v) is 4.22. The van der Waals surface area contributed by atoms with E-state index < -0.39 is 5.91 Å². The number of hydrogen-bond acceptors (Lipinski definition) is 3. The fourth-order valence-corrected chi connectivity index (χ4v) is 2.98. The number of carbonyl (C=O) groups excluding carboxylic acids is 1. The molecule has 1 aliphatic rings. The van der Waals surface area contributed by atoms with Gasteiger partial charge in [0.25, 0.3) is 0 Å². The number of carbonyl (C=O) groups is 1. The first-order chi connectivity index (χ1) is 8.90. The van der Waals surface area contributed by atoms with Gasteiger partial charge in [0.15, 0.2) is 0 Å². The van der Waals surface area contributed by atoms with Crippen LogP contribution in [0.4, 0.5) is 11.4 Å². The molecular formula is C15H23N3O. The highest BCUT2D eigenvalue weighted by atomic mass is 16.1. The summed E-state index contributed by atoms with van der Waals surface area (Å²) in [6.07, 6.45) is 1.23. The highest BCUT2D eigenvalue weighted by molar-refractivity contribution is 5.95. The lowest BCUT2D eigenvalue weighted by molar-refractivity contribution is 0.100. The lowest BCUT2D eigenvalue weighted by Gasteiger charge is -2.43. The summed E-state index contributed by atoms with van der Waals surface area (Å²) in [4.78, 5) is 13.6. The van der Waals surface area contributed by atoms with Gasteiger partial charge in [0.2, 0.25) is 5.91 Å². The van der Waals surface area contributed by atoms with Gasteiger partial charge < -0.3 is 16.4 Å². The monoisotopic (exact) mass is 261 g/mol. The van der Waals surface area contributed by atoms with Crippen LogP contribution in [-0.4, -0.2) is 18.5 Å². The fraction of sp³-hybridized carbons (Fsp3) is 0.533. The third-order valence-electron chi connectivity index (χ3n) is 4.22. The van der Waals surface area contributed by atoms with Crippen LogP contribution in [0.3, 0.4) is 0 Å². The minimum Gasteiger partial charge on any atom is -0.397 e. The quantitative estimate of drug-likeness (QED) is 0.802. The number of nitrogens with two attached hydrogens (primary N) is 2. The molecule has 0 spiro atoms. The summed E-state index contributed by atoms with van der Waals surface area (Å²) in [5.41, 5.74) is 13.6. The van der Waals surface area contributed by atoms with Gasteiger partial charge in [-0.2, -0.15) is 0 Å².